The van der Waals surface area contributed by atoms with E-state index < -0.39 is 0 Å². The molecule has 0 aliphatic carbocycles. The van der Waals surface area contributed by atoms with Gasteiger partial charge in [-0.1, -0.05) is 12.1 Å². The maximum atomic E-state index is 5.44. The summed E-state index contributed by atoms with van der Waals surface area (Å²) in [5, 5.41) is 4.06. The van der Waals surface area contributed by atoms with Gasteiger partial charge in [0.1, 0.15) is 0 Å². The van der Waals surface area contributed by atoms with E-state index in [1.165, 1.54) is 0 Å². The van der Waals surface area contributed by atoms with Crippen molar-refractivity contribution in [3.05, 3.63) is 24.2 Å². The van der Waals surface area contributed by atoms with Gasteiger partial charge in [0.15, 0.2) is 0 Å². The van der Waals surface area contributed by atoms with Crippen LogP contribution in [-0.4, -0.2) is 35.4 Å². The molecule has 6 heteroatoms. The summed E-state index contributed by atoms with van der Waals surface area (Å²) < 4.78 is 16.0. The molecular formula is C14H17N3O3. The molecule has 1 aliphatic rings. The van der Waals surface area contributed by atoms with Crippen LogP contribution in [0.15, 0.2) is 22.9 Å². The molecule has 20 heavy (non-hydrogen) atoms. The van der Waals surface area contributed by atoms with Crippen molar-refractivity contribution in [3.63, 3.8) is 0 Å². The largest absolute Gasteiger partial charge is 0.481 e. The molecule has 0 bridgehead atoms. The Balaban J connectivity index is 1.85. The standard InChI is InChI=1S/C14H17N3O3/c1-9-8-19-6-4-11(9)14-16-13(17-20-14)10-3-5-15-12(7-10)18-2/h3,5,7,9,11H,4,6,8H2,1-2H3. The van der Waals surface area contributed by atoms with Crippen LogP contribution in [-0.2, 0) is 4.74 Å². The third-order valence-corrected chi connectivity index (χ3v) is 3.60. The van der Waals surface area contributed by atoms with Crippen molar-refractivity contribution in [1.82, 2.24) is 15.1 Å². The van der Waals surface area contributed by atoms with Gasteiger partial charge in [0.05, 0.1) is 7.11 Å². The fraction of sp³-hybridized carbons (Fsp3) is 0.500. The molecule has 0 spiro atoms. The highest BCUT2D eigenvalue weighted by atomic mass is 16.5. The second-order valence-corrected chi connectivity index (χ2v) is 4.99. The molecule has 1 aliphatic heterocycles. The molecule has 1 fully saturated rings. The molecule has 1 saturated heterocycles. The quantitative estimate of drug-likeness (QED) is 0.855. The van der Waals surface area contributed by atoms with Gasteiger partial charge in [-0.05, 0) is 18.4 Å². The van der Waals surface area contributed by atoms with Gasteiger partial charge >= 0.3 is 0 Å². The lowest BCUT2D eigenvalue weighted by molar-refractivity contribution is 0.0392. The average molecular weight is 275 g/mol. The Labute approximate surface area is 117 Å². The number of hydrogen-bond acceptors (Lipinski definition) is 6. The number of ether oxygens (including phenoxy) is 2. The molecule has 106 valence electrons. The second kappa shape index (κ2) is 5.58. The summed E-state index contributed by atoms with van der Waals surface area (Å²) in [5.74, 6) is 2.46. The molecular weight excluding hydrogens is 258 g/mol. The van der Waals surface area contributed by atoms with Crippen LogP contribution in [0, 0.1) is 5.92 Å². The van der Waals surface area contributed by atoms with Gasteiger partial charge in [-0.3, -0.25) is 0 Å². The monoisotopic (exact) mass is 275 g/mol. The summed E-state index contributed by atoms with van der Waals surface area (Å²) in [7, 11) is 1.58. The molecule has 0 saturated carbocycles. The number of methoxy groups -OCH3 is 1. The summed E-state index contributed by atoms with van der Waals surface area (Å²) in [5.41, 5.74) is 0.839. The highest BCUT2D eigenvalue weighted by molar-refractivity contribution is 5.55. The number of aromatic nitrogens is 3. The van der Waals surface area contributed by atoms with Crippen LogP contribution in [0.2, 0.25) is 0 Å². The maximum absolute atomic E-state index is 5.44. The third kappa shape index (κ3) is 2.51. The minimum absolute atomic E-state index is 0.272. The highest BCUT2D eigenvalue weighted by Gasteiger charge is 2.28. The van der Waals surface area contributed by atoms with Crippen LogP contribution in [0.1, 0.15) is 25.2 Å². The van der Waals surface area contributed by atoms with E-state index in [2.05, 4.69) is 22.0 Å². The summed E-state index contributed by atoms with van der Waals surface area (Å²) in [6, 6.07) is 3.63. The van der Waals surface area contributed by atoms with Crippen LogP contribution in [0.25, 0.3) is 11.4 Å². The van der Waals surface area contributed by atoms with Gasteiger partial charge in [-0.15, -0.1) is 0 Å². The Morgan fingerprint density at radius 2 is 2.30 bits per heavy atom. The van der Waals surface area contributed by atoms with E-state index >= 15 is 0 Å². The molecule has 2 unspecified atom stereocenters. The topological polar surface area (TPSA) is 70.3 Å². The molecule has 0 amide bonds. The third-order valence-electron chi connectivity index (χ3n) is 3.60. The normalized spacial score (nSPS) is 22.7. The van der Waals surface area contributed by atoms with E-state index in [9.17, 15) is 0 Å². The Bertz CT molecular complexity index is 585. The minimum Gasteiger partial charge on any atom is -0.481 e. The van der Waals surface area contributed by atoms with E-state index in [4.69, 9.17) is 14.0 Å². The summed E-state index contributed by atoms with van der Waals surface area (Å²) in [6.45, 7) is 3.63. The van der Waals surface area contributed by atoms with Crippen molar-refractivity contribution in [1.29, 1.82) is 0 Å². The molecule has 6 nitrogen and oxygen atoms in total. The van der Waals surface area contributed by atoms with E-state index in [1.54, 1.807) is 19.4 Å². The van der Waals surface area contributed by atoms with Crippen LogP contribution in [0.3, 0.4) is 0 Å². The van der Waals surface area contributed by atoms with Crippen LogP contribution >= 0.6 is 0 Å². The SMILES string of the molecule is COc1cc(-c2noc(C3CCOCC3C)n2)ccn1. The van der Waals surface area contributed by atoms with E-state index in [-0.39, 0.29) is 5.92 Å². The number of hydrogen-bond donors (Lipinski definition) is 0. The van der Waals surface area contributed by atoms with Gasteiger partial charge in [-0.2, -0.15) is 4.98 Å². The average Bonchev–Trinajstić information content (AvgIpc) is 2.97. The van der Waals surface area contributed by atoms with Gasteiger partial charge in [-0.25, -0.2) is 4.98 Å². The van der Waals surface area contributed by atoms with Crippen molar-refractivity contribution in [2.75, 3.05) is 20.3 Å². The summed E-state index contributed by atoms with van der Waals surface area (Å²) in [6.07, 6.45) is 2.59. The first-order valence-electron chi connectivity index (χ1n) is 6.69. The van der Waals surface area contributed by atoms with Gasteiger partial charge in [0.25, 0.3) is 0 Å². The molecule has 0 radical (unpaired) electrons. The highest BCUT2D eigenvalue weighted by Crippen LogP contribution is 2.31. The van der Waals surface area contributed by atoms with Crippen molar-refractivity contribution in [2.24, 2.45) is 5.92 Å². The number of nitrogens with zero attached hydrogens (tertiary/aromatic N) is 3. The lowest BCUT2D eigenvalue weighted by Gasteiger charge is -2.25. The van der Waals surface area contributed by atoms with Crippen molar-refractivity contribution >= 4 is 0 Å². The molecule has 2 atom stereocenters. The molecule has 0 aromatic carbocycles. The zero-order valence-electron chi connectivity index (χ0n) is 11.6. The van der Waals surface area contributed by atoms with Crippen molar-refractivity contribution < 1.29 is 14.0 Å². The fourth-order valence-corrected chi connectivity index (χ4v) is 2.41. The van der Waals surface area contributed by atoms with Crippen LogP contribution < -0.4 is 4.74 Å². The summed E-state index contributed by atoms with van der Waals surface area (Å²) >= 11 is 0. The van der Waals surface area contributed by atoms with E-state index in [0.29, 0.717) is 23.5 Å². The molecule has 3 rings (SSSR count). The van der Waals surface area contributed by atoms with E-state index in [0.717, 1.165) is 25.2 Å². The zero-order chi connectivity index (χ0) is 13.9. The molecule has 2 aromatic heterocycles. The first-order chi connectivity index (χ1) is 9.78. The molecule has 3 heterocycles. The Morgan fingerprint density at radius 3 is 3.10 bits per heavy atom. The zero-order valence-corrected chi connectivity index (χ0v) is 11.6. The molecule has 2 aromatic rings. The maximum Gasteiger partial charge on any atom is 0.230 e. The van der Waals surface area contributed by atoms with Crippen molar-refractivity contribution in [2.45, 2.75) is 19.3 Å². The second-order valence-electron chi connectivity index (χ2n) is 4.99. The number of rotatable bonds is 3. The fourth-order valence-electron chi connectivity index (χ4n) is 2.41. The van der Waals surface area contributed by atoms with Crippen LogP contribution in [0.5, 0.6) is 5.88 Å². The van der Waals surface area contributed by atoms with Gasteiger partial charge < -0.3 is 14.0 Å². The molecule has 0 N–H and O–H groups in total. The predicted octanol–water partition coefficient (Wildman–Crippen LogP) is 2.28. The van der Waals surface area contributed by atoms with Crippen molar-refractivity contribution in [3.8, 4) is 17.3 Å². The lowest BCUT2D eigenvalue weighted by atomic mass is 9.90. The smallest absolute Gasteiger partial charge is 0.230 e. The van der Waals surface area contributed by atoms with Gasteiger partial charge in [0, 0.05) is 37.0 Å². The Hall–Kier alpha value is -1.95. The van der Waals surface area contributed by atoms with Gasteiger partial charge in [0.2, 0.25) is 17.6 Å². The first-order valence-corrected chi connectivity index (χ1v) is 6.69. The van der Waals surface area contributed by atoms with Crippen LogP contribution in [0.4, 0.5) is 0 Å². The Kier molecular flexibility index (Phi) is 3.64. The summed E-state index contributed by atoms with van der Waals surface area (Å²) in [4.78, 5) is 8.58. The Morgan fingerprint density at radius 1 is 1.40 bits per heavy atom. The van der Waals surface area contributed by atoms with E-state index in [1.807, 2.05) is 6.07 Å². The predicted molar refractivity (Wildman–Crippen MR) is 71.4 cm³/mol. The first kappa shape index (κ1) is 13.1. The lowest BCUT2D eigenvalue weighted by Crippen LogP contribution is -2.23. The minimum atomic E-state index is 0.272. The number of pyridine rings is 1.